The highest BCUT2D eigenvalue weighted by Gasteiger charge is 2.35. The number of rotatable bonds is 4. The van der Waals surface area contributed by atoms with Gasteiger partial charge >= 0.3 is 0 Å². The average molecular weight is 191 g/mol. The smallest absolute Gasteiger partial charge is 0.00146 e. The van der Waals surface area contributed by atoms with Crippen molar-refractivity contribution in [2.75, 3.05) is 13.1 Å². The second kappa shape index (κ2) is 3.69. The van der Waals surface area contributed by atoms with Crippen molar-refractivity contribution in [3.05, 3.63) is 12.2 Å². The molecule has 3 unspecified atom stereocenters. The molecular formula is C13H21N. The highest BCUT2D eigenvalue weighted by molar-refractivity contribution is 5.10. The van der Waals surface area contributed by atoms with E-state index in [1.54, 1.807) is 0 Å². The zero-order valence-corrected chi connectivity index (χ0v) is 8.91. The van der Waals surface area contributed by atoms with E-state index in [4.69, 9.17) is 0 Å². The van der Waals surface area contributed by atoms with Crippen LogP contribution in [0.5, 0.6) is 0 Å². The van der Waals surface area contributed by atoms with Gasteiger partial charge in [-0.2, -0.15) is 0 Å². The van der Waals surface area contributed by atoms with Crippen LogP contribution >= 0.6 is 0 Å². The molecule has 0 radical (unpaired) electrons. The fourth-order valence-corrected chi connectivity index (χ4v) is 3.30. The minimum Gasteiger partial charge on any atom is -0.316 e. The van der Waals surface area contributed by atoms with Crippen LogP contribution in [-0.4, -0.2) is 13.1 Å². The molecule has 0 aliphatic heterocycles. The lowest BCUT2D eigenvalue weighted by atomic mass is 9.85. The first-order chi connectivity index (χ1) is 6.92. The summed E-state index contributed by atoms with van der Waals surface area (Å²) in [5.41, 5.74) is 0. The normalized spacial score (nSPS) is 40.4. The summed E-state index contributed by atoms with van der Waals surface area (Å²) in [5, 5.41) is 3.68. The first-order valence-electron chi connectivity index (χ1n) is 6.31. The van der Waals surface area contributed by atoms with Gasteiger partial charge in [-0.3, -0.25) is 0 Å². The van der Waals surface area contributed by atoms with Crippen LogP contribution in [-0.2, 0) is 0 Å². The largest absolute Gasteiger partial charge is 0.316 e. The summed E-state index contributed by atoms with van der Waals surface area (Å²) in [4.78, 5) is 0. The summed E-state index contributed by atoms with van der Waals surface area (Å²) in [7, 11) is 0. The molecule has 78 valence electrons. The molecule has 0 aromatic carbocycles. The molecule has 0 amide bonds. The molecule has 3 aliphatic carbocycles. The van der Waals surface area contributed by atoms with Gasteiger partial charge in [0.1, 0.15) is 0 Å². The quantitative estimate of drug-likeness (QED) is 0.673. The predicted molar refractivity (Wildman–Crippen MR) is 59.1 cm³/mol. The summed E-state index contributed by atoms with van der Waals surface area (Å²) in [6.07, 6.45) is 12.2. The minimum absolute atomic E-state index is 0.925. The Morgan fingerprint density at radius 3 is 2.57 bits per heavy atom. The molecule has 2 fully saturated rings. The summed E-state index contributed by atoms with van der Waals surface area (Å²) < 4.78 is 0. The molecule has 0 aromatic heterocycles. The zero-order valence-electron chi connectivity index (χ0n) is 8.91. The van der Waals surface area contributed by atoms with Gasteiger partial charge in [0.25, 0.3) is 0 Å². The van der Waals surface area contributed by atoms with E-state index in [1.807, 2.05) is 0 Å². The van der Waals surface area contributed by atoms with Crippen LogP contribution < -0.4 is 5.32 Å². The van der Waals surface area contributed by atoms with E-state index >= 15 is 0 Å². The van der Waals surface area contributed by atoms with Crippen LogP contribution in [0, 0.1) is 23.7 Å². The van der Waals surface area contributed by atoms with Crippen molar-refractivity contribution in [3.8, 4) is 0 Å². The Kier molecular flexibility index (Phi) is 2.36. The van der Waals surface area contributed by atoms with E-state index in [0.29, 0.717) is 0 Å². The van der Waals surface area contributed by atoms with E-state index in [1.165, 1.54) is 45.2 Å². The van der Waals surface area contributed by atoms with Crippen molar-refractivity contribution < 1.29 is 0 Å². The van der Waals surface area contributed by atoms with E-state index in [0.717, 1.165) is 23.7 Å². The molecule has 2 bridgehead atoms. The molecule has 1 N–H and O–H groups in total. The summed E-state index contributed by atoms with van der Waals surface area (Å²) in [6.45, 7) is 2.57. The van der Waals surface area contributed by atoms with Crippen LogP contribution in [0.15, 0.2) is 12.2 Å². The Labute approximate surface area is 87.0 Å². The maximum Gasteiger partial charge on any atom is -0.00146 e. The van der Waals surface area contributed by atoms with Crippen molar-refractivity contribution in [1.29, 1.82) is 0 Å². The van der Waals surface area contributed by atoms with Crippen LogP contribution in [0.1, 0.15) is 32.1 Å². The predicted octanol–water partition coefficient (Wildman–Crippen LogP) is 2.59. The summed E-state index contributed by atoms with van der Waals surface area (Å²) in [6, 6.07) is 0. The lowest BCUT2D eigenvalue weighted by molar-refractivity contribution is 0.289. The second-order valence-corrected chi connectivity index (χ2v) is 5.50. The monoisotopic (exact) mass is 191 g/mol. The van der Waals surface area contributed by atoms with Gasteiger partial charge in [-0.05, 0) is 62.4 Å². The van der Waals surface area contributed by atoms with Crippen molar-refractivity contribution in [3.63, 3.8) is 0 Å². The molecule has 0 heterocycles. The fourth-order valence-electron chi connectivity index (χ4n) is 3.30. The maximum absolute atomic E-state index is 3.68. The molecule has 3 aliphatic rings. The number of hydrogen-bond acceptors (Lipinski definition) is 1. The number of nitrogens with one attached hydrogen (secondary N) is 1. The Morgan fingerprint density at radius 1 is 1.07 bits per heavy atom. The summed E-state index contributed by atoms with van der Waals surface area (Å²) in [5.74, 6) is 3.85. The molecule has 0 saturated heterocycles. The lowest BCUT2D eigenvalue weighted by Gasteiger charge is -2.27. The Balaban J connectivity index is 1.38. The highest BCUT2D eigenvalue weighted by Crippen LogP contribution is 2.43. The molecule has 0 spiro atoms. The lowest BCUT2D eigenvalue weighted by Crippen LogP contribution is -2.32. The van der Waals surface area contributed by atoms with Crippen molar-refractivity contribution in [1.82, 2.24) is 5.32 Å². The Morgan fingerprint density at radius 2 is 2.00 bits per heavy atom. The van der Waals surface area contributed by atoms with Gasteiger partial charge in [0, 0.05) is 0 Å². The zero-order chi connectivity index (χ0) is 9.38. The fraction of sp³-hybridized carbons (Fsp3) is 0.846. The molecule has 2 saturated carbocycles. The van der Waals surface area contributed by atoms with Crippen LogP contribution in [0.4, 0.5) is 0 Å². The van der Waals surface area contributed by atoms with Gasteiger partial charge in [-0.1, -0.05) is 18.6 Å². The van der Waals surface area contributed by atoms with Crippen molar-refractivity contribution in [2.45, 2.75) is 32.1 Å². The first kappa shape index (κ1) is 8.96. The van der Waals surface area contributed by atoms with E-state index in [-0.39, 0.29) is 0 Å². The van der Waals surface area contributed by atoms with E-state index < -0.39 is 0 Å². The first-order valence-corrected chi connectivity index (χ1v) is 6.31. The van der Waals surface area contributed by atoms with Crippen molar-refractivity contribution in [2.24, 2.45) is 23.7 Å². The minimum atomic E-state index is 0.925. The average Bonchev–Trinajstić information content (AvgIpc) is 2.70. The maximum atomic E-state index is 3.68. The molecule has 3 rings (SSSR count). The van der Waals surface area contributed by atoms with Gasteiger partial charge in [0.2, 0.25) is 0 Å². The number of fused-ring (bicyclic) bond motifs is 2. The van der Waals surface area contributed by atoms with Gasteiger partial charge in [-0.15, -0.1) is 0 Å². The Hall–Kier alpha value is -0.300. The van der Waals surface area contributed by atoms with Crippen LogP contribution in [0.2, 0.25) is 0 Å². The van der Waals surface area contributed by atoms with Crippen LogP contribution in [0.25, 0.3) is 0 Å². The highest BCUT2D eigenvalue weighted by atomic mass is 14.9. The summed E-state index contributed by atoms with van der Waals surface area (Å²) >= 11 is 0. The third-order valence-corrected chi connectivity index (χ3v) is 4.48. The van der Waals surface area contributed by atoms with Gasteiger partial charge in [0.05, 0.1) is 0 Å². The van der Waals surface area contributed by atoms with Gasteiger partial charge < -0.3 is 5.32 Å². The standard InChI is InChI=1S/C13H21N/c1-2-10(3-1)8-14-9-13-7-11-4-5-12(13)6-11/h4-5,10-14H,1-3,6-9H2. The molecular weight excluding hydrogens is 170 g/mol. The molecule has 3 atom stereocenters. The van der Waals surface area contributed by atoms with E-state index in [2.05, 4.69) is 17.5 Å². The third kappa shape index (κ3) is 1.63. The Bertz CT molecular complexity index is 229. The third-order valence-electron chi connectivity index (χ3n) is 4.48. The molecule has 1 nitrogen and oxygen atoms in total. The second-order valence-electron chi connectivity index (χ2n) is 5.50. The topological polar surface area (TPSA) is 12.0 Å². The SMILES string of the molecule is C1=CC2CC1CC2CNCC1CCC1. The molecule has 14 heavy (non-hydrogen) atoms. The van der Waals surface area contributed by atoms with Crippen molar-refractivity contribution >= 4 is 0 Å². The van der Waals surface area contributed by atoms with Gasteiger partial charge in [-0.25, -0.2) is 0 Å². The number of allylic oxidation sites excluding steroid dienone is 2. The number of hydrogen-bond donors (Lipinski definition) is 1. The molecule has 0 aromatic rings. The van der Waals surface area contributed by atoms with Crippen LogP contribution in [0.3, 0.4) is 0 Å². The van der Waals surface area contributed by atoms with E-state index in [9.17, 15) is 0 Å². The van der Waals surface area contributed by atoms with Gasteiger partial charge in [0.15, 0.2) is 0 Å². The molecule has 1 heteroatoms.